The zero-order valence-electron chi connectivity index (χ0n) is 18.5. The van der Waals surface area contributed by atoms with Crippen LogP contribution in [0.1, 0.15) is 76.2 Å². The molecule has 2 fully saturated rings. The molecule has 0 radical (unpaired) electrons. The third kappa shape index (κ3) is 7.19. The van der Waals surface area contributed by atoms with Gasteiger partial charge in [0, 0.05) is 8.80 Å². The molecule has 31 heavy (non-hydrogen) atoms. The Morgan fingerprint density at radius 1 is 0.903 bits per heavy atom. The molecule has 1 aliphatic heterocycles. The first-order chi connectivity index (χ1) is 14.8. The zero-order valence-corrected chi connectivity index (χ0v) is 19.6. The summed E-state index contributed by atoms with van der Waals surface area (Å²) in [5.74, 6) is -1.44. The Bertz CT molecular complexity index is 669. The molecular weight excluding hydrogens is 427 g/mol. The van der Waals surface area contributed by atoms with Crippen LogP contribution in [0.15, 0.2) is 12.1 Å². The minimum Gasteiger partial charge on any atom is -0.478 e. The minimum atomic E-state index is -4.63. The van der Waals surface area contributed by atoms with E-state index in [1.807, 2.05) is 0 Å². The molecule has 0 aromatic heterocycles. The Morgan fingerprint density at radius 2 is 1.48 bits per heavy atom. The molecular formula is C24H35F5OSi. The number of hydrogen-bond donors (Lipinski definition) is 0. The summed E-state index contributed by atoms with van der Waals surface area (Å²) in [6.07, 6.45) is 6.11. The molecule has 176 valence electrons. The molecule has 7 heteroatoms. The molecule has 3 rings (SSSR count). The summed E-state index contributed by atoms with van der Waals surface area (Å²) in [5, 5.41) is 0. The van der Waals surface area contributed by atoms with Crippen LogP contribution in [0.3, 0.4) is 0 Å². The average molecular weight is 463 g/mol. The maximum atomic E-state index is 14.2. The number of unbranched alkanes of at least 4 members (excludes halogenated alkanes) is 2. The Kier molecular flexibility index (Phi) is 8.82. The van der Waals surface area contributed by atoms with Crippen molar-refractivity contribution in [1.82, 2.24) is 0 Å². The minimum absolute atomic E-state index is 0.0664. The van der Waals surface area contributed by atoms with E-state index in [1.54, 1.807) is 0 Å². The van der Waals surface area contributed by atoms with Gasteiger partial charge in [0.05, 0.1) is 0 Å². The molecule has 2 aliphatic rings. The molecule has 1 saturated heterocycles. The lowest BCUT2D eigenvalue weighted by atomic mass is 9.72. The molecule has 1 nitrogen and oxygen atoms in total. The average Bonchev–Trinajstić information content (AvgIpc) is 2.73. The highest BCUT2D eigenvalue weighted by Crippen LogP contribution is 2.44. The van der Waals surface area contributed by atoms with Gasteiger partial charge in [-0.1, -0.05) is 57.2 Å². The van der Waals surface area contributed by atoms with Crippen LogP contribution in [0.2, 0.25) is 18.1 Å². The van der Waals surface area contributed by atoms with Crippen LogP contribution in [0.4, 0.5) is 22.0 Å². The van der Waals surface area contributed by atoms with Crippen molar-refractivity contribution >= 4 is 8.80 Å². The predicted octanol–water partition coefficient (Wildman–Crippen LogP) is 8.01. The van der Waals surface area contributed by atoms with Crippen molar-refractivity contribution in [1.29, 1.82) is 0 Å². The summed E-state index contributed by atoms with van der Waals surface area (Å²) in [6.45, 7) is 0.558. The predicted molar refractivity (Wildman–Crippen MR) is 116 cm³/mol. The monoisotopic (exact) mass is 462 g/mol. The van der Waals surface area contributed by atoms with E-state index >= 15 is 0 Å². The van der Waals surface area contributed by atoms with E-state index < -0.39 is 39.0 Å². The lowest BCUT2D eigenvalue weighted by Crippen LogP contribution is -2.28. The van der Waals surface area contributed by atoms with Crippen LogP contribution < -0.4 is 4.74 Å². The van der Waals surface area contributed by atoms with Crippen molar-refractivity contribution in [2.75, 3.05) is 6.61 Å². The van der Waals surface area contributed by atoms with E-state index in [4.69, 9.17) is 0 Å². The van der Waals surface area contributed by atoms with Gasteiger partial charge in [0.25, 0.3) is 0 Å². The van der Waals surface area contributed by atoms with E-state index in [-0.39, 0.29) is 5.92 Å². The maximum Gasteiger partial charge on any atom is 0.422 e. The summed E-state index contributed by atoms with van der Waals surface area (Å²) in [6, 6.07) is 6.78. The standard InChI is InChI=1S/C24H35F5OSi/c1-2-3-4-11-31-12-9-19(10-13-31)17-5-7-18(8-6-17)20-14-21(25)23(22(26)15-20)30-16-24(27,28)29/h14-15,17-19,31H,2-13,16H2,1H3/t17-,18-,19?,31?. The van der Waals surface area contributed by atoms with E-state index in [9.17, 15) is 22.0 Å². The molecule has 0 unspecified atom stereocenters. The second-order valence-corrected chi connectivity index (χ2v) is 13.1. The highest BCUT2D eigenvalue weighted by Gasteiger charge is 2.33. The topological polar surface area (TPSA) is 9.23 Å². The Hall–Kier alpha value is -1.11. The van der Waals surface area contributed by atoms with Crippen molar-refractivity contribution in [3.05, 3.63) is 29.3 Å². The lowest BCUT2D eigenvalue weighted by molar-refractivity contribution is -0.154. The van der Waals surface area contributed by atoms with E-state index in [2.05, 4.69) is 11.7 Å². The van der Waals surface area contributed by atoms with Gasteiger partial charge in [0.1, 0.15) is 0 Å². The smallest absolute Gasteiger partial charge is 0.422 e. The molecule has 0 N–H and O–H groups in total. The van der Waals surface area contributed by atoms with Gasteiger partial charge in [-0.15, -0.1) is 0 Å². The molecule has 1 aliphatic carbocycles. The fourth-order valence-corrected chi connectivity index (χ4v) is 9.19. The molecule has 1 aromatic carbocycles. The van der Waals surface area contributed by atoms with Crippen LogP contribution >= 0.6 is 0 Å². The van der Waals surface area contributed by atoms with Crippen molar-refractivity contribution in [3.8, 4) is 5.75 Å². The Labute approximate surface area is 184 Å². The maximum absolute atomic E-state index is 14.2. The van der Waals surface area contributed by atoms with Gasteiger partial charge < -0.3 is 4.74 Å². The van der Waals surface area contributed by atoms with Crippen molar-refractivity contribution in [3.63, 3.8) is 0 Å². The first-order valence-electron chi connectivity index (χ1n) is 11.9. The number of hydrogen-bond acceptors (Lipinski definition) is 1. The fourth-order valence-electron chi connectivity index (χ4n) is 5.66. The van der Waals surface area contributed by atoms with Crippen molar-refractivity contribution in [2.24, 2.45) is 11.8 Å². The lowest BCUT2D eigenvalue weighted by Gasteiger charge is -2.37. The van der Waals surface area contributed by atoms with Gasteiger partial charge in [0.2, 0.25) is 0 Å². The third-order valence-electron chi connectivity index (χ3n) is 7.42. The highest BCUT2D eigenvalue weighted by molar-refractivity contribution is 6.58. The van der Waals surface area contributed by atoms with Crippen LogP contribution in [0, 0.1) is 23.5 Å². The third-order valence-corrected chi connectivity index (χ3v) is 10.9. The van der Waals surface area contributed by atoms with Gasteiger partial charge in [-0.25, -0.2) is 8.78 Å². The molecule has 0 atom stereocenters. The summed E-state index contributed by atoms with van der Waals surface area (Å²) < 4.78 is 69.7. The summed E-state index contributed by atoms with van der Waals surface area (Å²) >= 11 is 0. The van der Waals surface area contributed by atoms with Gasteiger partial charge in [-0.05, 0) is 61.1 Å². The van der Waals surface area contributed by atoms with Gasteiger partial charge in [0.15, 0.2) is 24.0 Å². The number of halogens is 5. The molecule has 1 heterocycles. The molecule has 0 bridgehead atoms. The zero-order chi connectivity index (χ0) is 22.4. The fraction of sp³-hybridized carbons (Fsp3) is 0.750. The quantitative estimate of drug-likeness (QED) is 0.216. The van der Waals surface area contributed by atoms with Gasteiger partial charge >= 0.3 is 6.18 Å². The molecule has 1 saturated carbocycles. The van der Waals surface area contributed by atoms with E-state index in [1.165, 1.54) is 50.2 Å². The number of rotatable bonds is 8. The summed E-state index contributed by atoms with van der Waals surface area (Å²) in [7, 11) is -0.511. The highest BCUT2D eigenvalue weighted by atomic mass is 28.3. The molecule has 0 amide bonds. The van der Waals surface area contributed by atoms with Crippen LogP contribution in [0.25, 0.3) is 0 Å². The Balaban J connectivity index is 1.48. The normalized spacial score (nSPS) is 27.3. The van der Waals surface area contributed by atoms with Crippen LogP contribution in [-0.4, -0.2) is 21.6 Å². The van der Waals surface area contributed by atoms with Gasteiger partial charge in [-0.3, -0.25) is 0 Å². The molecule has 1 aromatic rings. The number of alkyl halides is 3. The second kappa shape index (κ2) is 11.1. The van der Waals surface area contributed by atoms with Crippen LogP contribution in [-0.2, 0) is 0 Å². The Morgan fingerprint density at radius 3 is 2.03 bits per heavy atom. The largest absolute Gasteiger partial charge is 0.478 e. The summed E-state index contributed by atoms with van der Waals surface area (Å²) in [4.78, 5) is 0. The first kappa shape index (κ1) is 24.5. The van der Waals surface area contributed by atoms with E-state index in [0.29, 0.717) is 11.5 Å². The molecule has 0 spiro atoms. The van der Waals surface area contributed by atoms with Crippen molar-refractivity contribution < 1.29 is 26.7 Å². The summed E-state index contributed by atoms with van der Waals surface area (Å²) in [5.41, 5.74) is 0.542. The van der Waals surface area contributed by atoms with Gasteiger partial charge in [-0.2, -0.15) is 13.2 Å². The van der Waals surface area contributed by atoms with E-state index in [0.717, 1.165) is 43.7 Å². The SMILES string of the molecule is CCCCC[SiH]1CCC([C@H]2CC[C@H](c3cc(F)c(OCC(F)(F)F)c(F)c3)CC2)CC1. The van der Waals surface area contributed by atoms with Crippen molar-refractivity contribution in [2.45, 2.75) is 94.9 Å². The first-order valence-corrected chi connectivity index (χ1v) is 14.4. The number of benzene rings is 1. The number of ether oxygens (including phenoxy) is 1. The second-order valence-electron chi connectivity index (χ2n) is 9.61. The van der Waals surface area contributed by atoms with Crippen LogP contribution in [0.5, 0.6) is 5.75 Å².